The standard InChI is InChI=1S/C18H28N6O4.ClH/c1-2-5-13-16(24(27)28)15(22-21-13)18(26)23-9-4-6-12(11-23)10-20-17(25)14-7-3-8-19-14;/h12,14,19H,2-11H2,1H3,(H,20,25)(H,21,22);1H. The Morgan fingerprint density at radius 1 is 1.34 bits per heavy atom. The molecule has 1 aromatic rings. The summed E-state index contributed by atoms with van der Waals surface area (Å²) >= 11 is 0. The lowest BCUT2D eigenvalue weighted by Crippen LogP contribution is -2.46. The second-order valence-corrected chi connectivity index (χ2v) is 7.56. The van der Waals surface area contributed by atoms with E-state index in [4.69, 9.17) is 0 Å². The molecule has 3 heterocycles. The summed E-state index contributed by atoms with van der Waals surface area (Å²) in [5.74, 6) is -0.275. The first-order valence-corrected chi connectivity index (χ1v) is 10.0. The highest BCUT2D eigenvalue weighted by atomic mass is 35.5. The first kappa shape index (κ1) is 23.1. The quantitative estimate of drug-likeness (QED) is 0.444. The number of aromatic nitrogens is 2. The molecule has 29 heavy (non-hydrogen) atoms. The molecular weight excluding hydrogens is 400 g/mol. The molecule has 10 nitrogen and oxygen atoms in total. The molecule has 2 aliphatic heterocycles. The predicted octanol–water partition coefficient (Wildman–Crippen LogP) is 1.41. The smallest absolute Gasteiger partial charge is 0.322 e. The molecule has 0 bridgehead atoms. The number of H-pyrrole nitrogens is 1. The van der Waals surface area contributed by atoms with E-state index in [0.29, 0.717) is 31.7 Å². The van der Waals surface area contributed by atoms with Crippen molar-refractivity contribution >= 4 is 29.9 Å². The summed E-state index contributed by atoms with van der Waals surface area (Å²) in [6, 6.07) is -0.120. The van der Waals surface area contributed by atoms with Gasteiger partial charge in [0.05, 0.1) is 11.0 Å². The number of nitrogens with zero attached hydrogens (tertiary/aromatic N) is 3. The van der Waals surface area contributed by atoms with Crippen LogP contribution in [0, 0.1) is 16.0 Å². The molecule has 2 aliphatic rings. The summed E-state index contributed by atoms with van der Waals surface area (Å²) in [4.78, 5) is 37.6. The number of carbonyl (C=O) groups excluding carboxylic acids is 2. The summed E-state index contributed by atoms with van der Waals surface area (Å²) < 4.78 is 0. The van der Waals surface area contributed by atoms with Crippen molar-refractivity contribution in [3.63, 3.8) is 0 Å². The van der Waals surface area contributed by atoms with Crippen LogP contribution in [0.25, 0.3) is 0 Å². The zero-order valence-corrected chi connectivity index (χ0v) is 17.4. The van der Waals surface area contributed by atoms with Gasteiger partial charge in [-0.3, -0.25) is 24.8 Å². The number of likely N-dealkylation sites (tertiary alicyclic amines) is 1. The molecule has 11 heteroatoms. The maximum atomic E-state index is 12.9. The summed E-state index contributed by atoms with van der Waals surface area (Å²) in [7, 11) is 0. The minimum Gasteiger partial charge on any atom is -0.354 e. The highest BCUT2D eigenvalue weighted by molar-refractivity contribution is 5.96. The van der Waals surface area contributed by atoms with Gasteiger partial charge in [-0.15, -0.1) is 12.4 Å². The molecule has 2 atom stereocenters. The number of halogens is 1. The zero-order valence-electron chi connectivity index (χ0n) is 16.6. The Labute approximate surface area is 175 Å². The second kappa shape index (κ2) is 10.5. The fourth-order valence-corrected chi connectivity index (χ4v) is 3.98. The van der Waals surface area contributed by atoms with E-state index in [0.717, 1.165) is 38.6 Å². The molecule has 0 spiro atoms. The number of amides is 2. The number of aryl methyl sites for hydroxylation is 1. The van der Waals surface area contributed by atoms with Crippen LogP contribution in [0.2, 0.25) is 0 Å². The zero-order chi connectivity index (χ0) is 20.1. The van der Waals surface area contributed by atoms with E-state index in [1.807, 2.05) is 6.92 Å². The number of rotatable bonds is 7. The van der Waals surface area contributed by atoms with Gasteiger partial charge in [0.25, 0.3) is 5.91 Å². The maximum Gasteiger partial charge on any atom is 0.322 e. The molecule has 0 radical (unpaired) electrons. The van der Waals surface area contributed by atoms with Crippen LogP contribution in [0.15, 0.2) is 0 Å². The van der Waals surface area contributed by atoms with Gasteiger partial charge in [0.2, 0.25) is 11.6 Å². The minimum atomic E-state index is -0.530. The first-order valence-electron chi connectivity index (χ1n) is 10.0. The van der Waals surface area contributed by atoms with Crippen LogP contribution < -0.4 is 10.6 Å². The normalized spacial score (nSPS) is 21.5. The molecule has 162 valence electrons. The molecule has 0 saturated carbocycles. The van der Waals surface area contributed by atoms with Gasteiger partial charge in [0, 0.05) is 19.6 Å². The van der Waals surface area contributed by atoms with Gasteiger partial charge < -0.3 is 15.5 Å². The molecule has 0 aliphatic carbocycles. The maximum absolute atomic E-state index is 12.9. The number of hydrogen-bond donors (Lipinski definition) is 3. The van der Waals surface area contributed by atoms with Crippen LogP contribution in [0.1, 0.15) is 55.2 Å². The second-order valence-electron chi connectivity index (χ2n) is 7.56. The van der Waals surface area contributed by atoms with Crippen molar-refractivity contribution < 1.29 is 14.5 Å². The van der Waals surface area contributed by atoms with Crippen LogP contribution in [0.5, 0.6) is 0 Å². The van der Waals surface area contributed by atoms with Crippen LogP contribution in [-0.4, -0.2) is 64.1 Å². The van der Waals surface area contributed by atoms with E-state index in [1.54, 1.807) is 4.90 Å². The van der Waals surface area contributed by atoms with E-state index in [-0.39, 0.29) is 41.7 Å². The molecule has 0 aromatic carbocycles. The summed E-state index contributed by atoms with van der Waals surface area (Å²) in [5, 5.41) is 24.2. The van der Waals surface area contributed by atoms with E-state index < -0.39 is 10.8 Å². The van der Waals surface area contributed by atoms with Crippen LogP contribution in [-0.2, 0) is 11.2 Å². The monoisotopic (exact) mass is 428 g/mol. The van der Waals surface area contributed by atoms with Gasteiger partial charge >= 0.3 is 5.69 Å². The van der Waals surface area contributed by atoms with E-state index >= 15 is 0 Å². The molecule has 2 fully saturated rings. The largest absolute Gasteiger partial charge is 0.354 e. The minimum absolute atomic E-state index is 0. The lowest BCUT2D eigenvalue weighted by Gasteiger charge is -2.32. The highest BCUT2D eigenvalue weighted by Crippen LogP contribution is 2.26. The van der Waals surface area contributed by atoms with Gasteiger partial charge in [0.15, 0.2) is 0 Å². The van der Waals surface area contributed by atoms with Gasteiger partial charge in [-0.1, -0.05) is 13.3 Å². The Hall–Kier alpha value is -2.20. The predicted molar refractivity (Wildman–Crippen MR) is 109 cm³/mol. The van der Waals surface area contributed by atoms with Crippen LogP contribution in [0.4, 0.5) is 5.69 Å². The Balaban J connectivity index is 0.00000300. The molecule has 1 aromatic heterocycles. The molecular formula is C18H29ClN6O4. The van der Waals surface area contributed by atoms with Crippen LogP contribution in [0.3, 0.4) is 0 Å². The molecule has 2 amide bonds. The highest BCUT2D eigenvalue weighted by Gasteiger charge is 2.34. The summed E-state index contributed by atoms with van der Waals surface area (Å²) in [6.45, 7) is 4.29. The Morgan fingerprint density at radius 3 is 2.79 bits per heavy atom. The summed E-state index contributed by atoms with van der Waals surface area (Å²) in [5.41, 5.74) is 0.0589. The van der Waals surface area contributed by atoms with Crippen molar-refractivity contribution in [1.82, 2.24) is 25.7 Å². The first-order chi connectivity index (χ1) is 13.5. The van der Waals surface area contributed by atoms with Crippen molar-refractivity contribution in [2.24, 2.45) is 5.92 Å². The number of nitro groups is 1. The average molecular weight is 429 g/mol. The molecule has 3 rings (SSSR count). The van der Waals surface area contributed by atoms with Gasteiger partial charge in [-0.25, -0.2) is 0 Å². The van der Waals surface area contributed by atoms with Gasteiger partial charge in [0.1, 0.15) is 5.69 Å². The fourth-order valence-electron chi connectivity index (χ4n) is 3.98. The topological polar surface area (TPSA) is 133 Å². The number of nitrogens with one attached hydrogen (secondary N) is 3. The number of aromatic amines is 1. The number of hydrogen-bond acceptors (Lipinski definition) is 6. The average Bonchev–Trinajstić information content (AvgIpc) is 3.36. The fraction of sp³-hybridized carbons (Fsp3) is 0.722. The third-order valence-corrected chi connectivity index (χ3v) is 5.45. The number of carbonyl (C=O) groups is 2. The van der Waals surface area contributed by atoms with E-state index in [1.165, 1.54) is 0 Å². The number of piperidine rings is 1. The Morgan fingerprint density at radius 2 is 2.14 bits per heavy atom. The van der Waals surface area contributed by atoms with Crippen molar-refractivity contribution in [1.29, 1.82) is 0 Å². The SMILES string of the molecule is CCCc1[nH]nc(C(=O)N2CCCC(CNC(=O)C3CCCN3)C2)c1[N+](=O)[O-].Cl. The van der Waals surface area contributed by atoms with Gasteiger partial charge in [-0.2, -0.15) is 5.10 Å². The van der Waals surface area contributed by atoms with Crippen molar-refractivity contribution in [3.8, 4) is 0 Å². The lowest BCUT2D eigenvalue weighted by molar-refractivity contribution is -0.385. The van der Waals surface area contributed by atoms with Crippen molar-refractivity contribution in [2.45, 2.75) is 51.5 Å². The van der Waals surface area contributed by atoms with Crippen molar-refractivity contribution in [2.75, 3.05) is 26.2 Å². The lowest BCUT2D eigenvalue weighted by atomic mass is 9.97. The van der Waals surface area contributed by atoms with E-state index in [2.05, 4.69) is 20.8 Å². The summed E-state index contributed by atoms with van der Waals surface area (Å²) in [6.07, 6.45) is 4.76. The van der Waals surface area contributed by atoms with E-state index in [9.17, 15) is 19.7 Å². The molecule has 2 unspecified atom stereocenters. The van der Waals surface area contributed by atoms with Crippen molar-refractivity contribution in [3.05, 3.63) is 21.5 Å². The van der Waals surface area contributed by atoms with Gasteiger partial charge in [-0.05, 0) is 44.6 Å². The Bertz CT molecular complexity index is 734. The third kappa shape index (κ3) is 5.45. The van der Waals surface area contributed by atoms with Crippen LogP contribution >= 0.6 is 12.4 Å². The third-order valence-electron chi connectivity index (χ3n) is 5.45. The Kier molecular flexibility index (Phi) is 8.39. The molecule has 3 N–H and O–H groups in total. The molecule has 2 saturated heterocycles.